The number of benzene rings is 1. The highest BCUT2D eigenvalue weighted by Gasteiger charge is 2.30. The molecular weight excluding hydrogens is 411 g/mol. The van der Waals surface area contributed by atoms with E-state index in [1.165, 1.54) is 0 Å². The van der Waals surface area contributed by atoms with E-state index in [1.54, 1.807) is 0 Å². The van der Waals surface area contributed by atoms with E-state index in [4.69, 9.17) is 4.74 Å². The highest BCUT2D eigenvalue weighted by atomic mass is 19.4. The number of nitriles is 1. The highest BCUT2D eigenvalue weighted by Crippen LogP contribution is 2.37. The minimum absolute atomic E-state index is 0.0977. The summed E-state index contributed by atoms with van der Waals surface area (Å²) in [4.78, 5) is 24.5. The number of rotatable bonds is 5. The summed E-state index contributed by atoms with van der Waals surface area (Å²) >= 11 is 0. The summed E-state index contributed by atoms with van der Waals surface area (Å²) in [5.41, 5.74) is 1.07. The molecule has 2 aromatic rings. The SMILES string of the molecule is Cc1c(C#N)c(NC(=O)COC(=O)c2ccc(C(F)(F)F)cc2)n(C2CCCC2)c1C. The molecule has 1 aliphatic rings. The van der Waals surface area contributed by atoms with Crippen molar-refractivity contribution in [2.75, 3.05) is 11.9 Å². The first-order valence-electron chi connectivity index (χ1n) is 9.89. The first kappa shape index (κ1) is 22.4. The van der Waals surface area contributed by atoms with Crippen molar-refractivity contribution >= 4 is 17.7 Å². The van der Waals surface area contributed by atoms with E-state index < -0.39 is 30.2 Å². The van der Waals surface area contributed by atoms with Crippen LogP contribution in [0.15, 0.2) is 24.3 Å². The molecule has 1 fully saturated rings. The Morgan fingerprint density at radius 1 is 1.19 bits per heavy atom. The van der Waals surface area contributed by atoms with Crippen LogP contribution in [0.2, 0.25) is 0 Å². The number of aromatic nitrogens is 1. The van der Waals surface area contributed by atoms with E-state index in [1.807, 2.05) is 18.4 Å². The van der Waals surface area contributed by atoms with Crippen LogP contribution >= 0.6 is 0 Å². The Hall–Kier alpha value is -3.28. The van der Waals surface area contributed by atoms with Gasteiger partial charge in [0, 0.05) is 11.7 Å². The van der Waals surface area contributed by atoms with Gasteiger partial charge in [-0.15, -0.1) is 0 Å². The third-order valence-corrected chi connectivity index (χ3v) is 5.60. The van der Waals surface area contributed by atoms with E-state index in [-0.39, 0.29) is 11.6 Å². The van der Waals surface area contributed by atoms with Crippen LogP contribution in [-0.2, 0) is 15.7 Å². The van der Waals surface area contributed by atoms with Crippen molar-refractivity contribution < 1.29 is 27.5 Å². The Morgan fingerprint density at radius 3 is 2.35 bits per heavy atom. The summed E-state index contributed by atoms with van der Waals surface area (Å²) in [5.74, 6) is -1.16. The van der Waals surface area contributed by atoms with Crippen molar-refractivity contribution in [3.05, 3.63) is 52.2 Å². The van der Waals surface area contributed by atoms with Gasteiger partial charge in [-0.2, -0.15) is 18.4 Å². The van der Waals surface area contributed by atoms with E-state index in [2.05, 4.69) is 11.4 Å². The molecule has 0 atom stereocenters. The second-order valence-electron chi connectivity index (χ2n) is 7.55. The molecule has 1 aliphatic carbocycles. The van der Waals surface area contributed by atoms with Crippen LogP contribution in [0.25, 0.3) is 0 Å². The molecule has 164 valence electrons. The summed E-state index contributed by atoms with van der Waals surface area (Å²) in [6, 6.07) is 5.85. The van der Waals surface area contributed by atoms with Crippen LogP contribution in [0.5, 0.6) is 0 Å². The van der Waals surface area contributed by atoms with Gasteiger partial charge in [0.15, 0.2) is 6.61 Å². The summed E-state index contributed by atoms with van der Waals surface area (Å²) in [6.45, 7) is 3.09. The molecule has 31 heavy (non-hydrogen) atoms. The zero-order valence-corrected chi connectivity index (χ0v) is 17.2. The molecule has 1 heterocycles. The van der Waals surface area contributed by atoms with Gasteiger partial charge in [0.25, 0.3) is 5.91 Å². The van der Waals surface area contributed by atoms with Crippen molar-refractivity contribution in [1.82, 2.24) is 4.57 Å². The maximum Gasteiger partial charge on any atom is 0.416 e. The number of hydrogen-bond acceptors (Lipinski definition) is 4. The standard InChI is InChI=1S/C22H22F3N3O3/c1-13-14(2)28(17-5-3-4-6-17)20(18(13)11-26)27-19(29)12-31-21(30)15-7-9-16(10-8-15)22(23,24)25/h7-10,17H,3-6,12H2,1-2H3,(H,27,29). The predicted octanol–water partition coefficient (Wildman–Crippen LogP) is 4.91. The van der Waals surface area contributed by atoms with E-state index >= 15 is 0 Å². The average Bonchev–Trinajstić information content (AvgIpc) is 3.33. The molecule has 0 spiro atoms. The summed E-state index contributed by atoms with van der Waals surface area (Å²) in [7, 11) is 0. The smallest absolute Gasteiger partial charge is 0.416 e. The molecule has 1 saturated carbocycles. The molecule has 0 radical (unpaired) electrons. The Bertz CT molecular complexity index is 1030. The molecule has 9 heteroatoms. The minimum atomic E-state index is -4.51. The maximum atomic E-state index is 12.6. The van der Waals surface area contributed by atoms with Crippen LogP contribution in [0.4, 0.5) is 19.0 Å². The van der Waals surface area contributed by atoms with Crippen LogP contribution < -0.4 is 5.32 Å². The lowest BCUT2D eigenvalue weighted by atomic mass is 10.1. The number of carbonyl (C=O) groups is 2. The first-order valence-corrected chi connectivity index (χ1v) is 9.89. The molecule has 0 saturated heterocycles. The molecule has 3 rings (SSSR count). The fourth-order valence-corrected chi connectivity index (χ4v) is 3.88. The largest absolute Gasteiger partial charge is 0.452 e. The lowest BCUT2D eigenvalue weighted by Crippen LogP contribution is -2.24. The molecule has 6 nitrogen and oxygen atoms in total. The molecule has 0 bridgehead atoms. The summed E-state index contributed by atoms with van der Waals surface area (Å²) in [6.07, 6.45) is -0.467. The lowest BCUT2D eigenvalue weighted by Gasteiger charge is -2.19. The normalized spacial score (nSPS) is 14.3. The number of nitrogens with one attached hydrogen (secondary N) is 1. The number of amides is 1. The fourth-order valence-electron chi connectivity index (χ4n) is 3.88. The van der Waals surface area contributed by atoms with Gasteiger partial charge >= 0.3 is 12.1 Å². The topological polar surface area (TPSA) is 84.1 Å². The maximum absolute atomic E-state index is 12.6. The second-order valence-corrected chi connectivity index (χ2v) is 7.55. The highest BCUT2D eigenvalue weighted by molar-refractivity contribution is 5.96. The summed E-state index contributed by atoms with van der Waals surface area (Å²) in [5, 5.41) is 12.2. The monoisotopic (exact) mass is 433 g/mol. The van der Waals surface area contributed by atoms with Gasteiger partial charge < -0.3 is 14.6 Å². The van der Waals surface area contributed by atoms with Crippen molar-refractivity contribution in [2.45, 2.75) is 51.7 Å². The molecule has 0 aliphatic heterocycles. The van der Waals surface area contributed by atoms with E-state index in [9.17, 15) is 28.0 Å². The van der Waals surface area contributed by atoms with Crippen LogP contribution in [-0.4, -0.2) is 23.1 Å². The number of anilines is 1. The lowest BCUT2D eigenvalue weighted by molar-refractivity contribution is -0.137. The number of halogens is 3. The fraction of sp³-hybridized carbons (Fsp3) is 0.409. The Labute approximate surface area is 177 Å². The number of hydrogen-bond donors (Lipinski definition) is 1. The van der Waals surface area contributed by atoms with Gasteiger partial charge in [-0.1, -0.05) is 12.8 Å². The number of carbonyl (C=O) groups excluding carboxylic acids is 2. The van der Waals surface area contributed by atoms with Gasteiger partial charge in [0.1, 0.15) is 11.9 Å². The van der Waals surface area contributed by atoms with Crippen LogP contribution in [0.3, 0.4) is 0 Å². The Balaban J connectivity index is 1.69. The van der Waals surface area contributed by atoms with E-state index in [0.29, 0.717) is 11.4 Å². The van der Waals surface area contributed by atoms with Crippen LogP contribution in [0, 0.1) is 25.2 Å². The zero-order chi connectivity index (χ0) is 22.8. The predicted molar refractivity (Wildman–Crippen MR) is 106 cm³/mol. The molecule has 1 amide bonds. The molecular formula is C22H22F3N3O3. The Kier molecular flexibility index (Phi) is 6.39. The van der Waals surface area contributed by atoms with Gasteiger partial charge in [-0.05, 0) is 56.5 Å². The van der Waals surface area contributed by atoms with Gasteiger partial charge in [-0.3, -0.25) is 4.79 Å². The first-order chi connectivity index (χ1) is 14.6. The van der Waals surface area contributed by atoms with Gasteiger partial charge in [0.2, 0.25) is 0 Å². The van der Waals surface area contributed by atoms with Crippen molar-refractivity contribution in [2.24, 2.45) is 0 Å². The van der Waals surface area contributed by atoms with Gasteiger partial charge in [0.05, 0.1) is 16.7 Å². The summed E-state index contributed by atoms with van der Waals surface area (Å²) < 4.78 is 44.8. The minimum Gasteiger partial charge on any atom is -0.452 e. The average molecular weight is 433 g/mol. The van der Waals surface area contributed by atoms with Crippen molar-refractivity contribution in [3.8, 4) is 6.07 Å². The zero-order valence-electron chi connectivity index (χ0n) is 17.2. The van der Waals surface area contributed by atoms with Crippen molar-refractivity contribution in [1.29, 1.82) is 5.26 Å². The molecule has 1 aromatic carbocycles. The molecule has 1 N–H and O–H groups in total. The van der Waals surface area contributed by atoms with Gasteiger partial charge in [-0.25, -0.2) is 4.79 Å². The Morgan fingerprint density at radius 2 is 1.81 bits per heavy atom. The third kappa shape index (κ3) is 4.74. The number of alkyl halides is 3. The van der Waals surface area contributed by atoms with E-state index in [0.717, 1.165) is 61.2 Å². The second kappa shape index (κ2) is 8.84. The quantitative estimate of drug-likeness (QED) is 0.680. The molecule has 1 aromatic heterocycles. The number of ether oxygens (including phenoxy) is 1. The van der Waals surface area contributed by atoms with Crippen molar-refractivity contribution in [3.63, 3.8) is 0 Å². The number of nitrogens with zero attached hydrogens (tertiary/aromatic N) is 2. The van der Waals surface area contributed by atoms with Crippen LogP contribution in [0.1, 0.15) is 64.5 Å². The third-order valence-electron chi connectivity index (χ3n) is 5.60. The number of esters is 1. The molecule has 0 unspecified atom stereocenters.